The third-order valence-corrected chi connectivity index (χ3v) is 7.74. The second-order valence-corrected chi connectivity index (χ2v) is 11.5. The first-order valence-corrected chi connectivity index (χ1v) is 13.5. The minimum Gasteiger partial charge on any atom is -0.507 e. The molecule has 0 aliphatic carbocycles. The molecule has 0 unspecified atom stereocenters. The summed E-state index contributed by atoms with van der Waals surface area (Å²) in [7, 11) is 0. The molecule has 0 saturated carbocycles. The molecule has 39 heavy (non-hydrogen) atoms. The molecule has 2 heterocycles. The number of fused-ring (bicyclic) bond motifs is 1. The molecule has 4 aromatic carbocycles. The van der Waals surface area contributed by atoms with Crippen molar-refractivity contribution in [1.29, 1.82) is 0 Å². The van der Waals surface area contributed by atoms with Gasteiger partial charge in [0.25, 0.3) is 0 Å². The first-order chi connectivity index (χ1) is 18.4. The first kappa shape index (κ1) is 27.0. The van der Waals surface area contributed by atoms with Crippen LogP contribution >= 0.6 is 11.3 Å². The van der Waals surface area contributed by atoms with Gasteiger partial charge >= 0.3 is 0 Å². The monoisotopic (exact) mass is 706 g/mol. The topological polar surface area (TPSA) is 46.0 Å². The number of phenols is 1. The van der Waals surface area contributed by atoms with Crippen LogP contribution in [0.25, 0.3) is 54.3 Å². The Morgan fingerprint density at radius 1 is 0.744 bits per heavy atom. The third-order valence-electron chi connectivity index (χ3n) is 6.70. The van der Waals surface area contributed by atoms with Crippen molar-refractivity contribution in [3.05, 3.63) is 115 Å². The van der Waals surface area contributed by atoms with E-state index in [2.05, 4.69) is 80.4 Å². The van der Waals surface area contributed by atoms with E-state index < -0.39 is 0 Å². The number of benzene rings is 4. The summed E-state index contributed by atoms with van der Waals surface area (Å²) in [6.07, 6.45) is 1.81. The van der Waals surface area contributed by atoms with E-state index in [4.69, 9.17) is 4.98 Å². The Labute approximate surface area is 247 Å². The van der Waals surface area contributed by atoms with Crippen LogP contribution in [0.4, 0.5) is 0 Å². The molecule has 0 fully saturated rings. The second-order valence-electron chi connectivity index (χ2n) is 10.4. The Hall–Kier alpha value is -3.59. The number of nitrogens with zero attached hydrogens (tertiary/aromatic N) is 2. The van der Waals surface area contributed by atoms with Gasteiger partial charge in [0, 0.05) is 37.7 Å². The number of thiazole rings is 1. The normalized spacial score (nSPS) is 11.4. The van der Waals surface area contributed by atoms with Gasteiger partial charge in [-0.15, -0.1) is 35.1 Å². The molecule has 0 atom stereocenters. The van der Waals surface area contributed by atoms with E-state index in [1.165, 1.54) is 5.56 Å². The largest absolute Gasteiger partial charge is 0.507 e. The third kappa shape index (κ3) is 5.45. The second kappa shape index (κ2) is 10.9. The van der Waals surface area contributed by atoms with E-state index in [0.29, 0.717) is 0 Å². The summed E-state index contributed by atoms with van der Waals surface area (Å²) in [6.45, 7) is 6.69. The van der Waals surface area contributed by atoms with Crippen LogP contribution in [-0.2, 0) is 26.5 Å². The molecular formula is C34H27N2OPtS-. The molecule has 0 radical (unpaired) electrons. The van der Waals surface area contributed by atoms with Crippen LogP contribution in [0.5, 0.6) is 5.75 Å². The van der Waals surface area contributed by atoms with Crippen molar-refractivity contribution in [3.8, 4) is 49.8 Å². The number of para-hydroxylation sites is 1. The fourth-order valence-electron chi connectivity index (χ4n) is 4.61. The predicted octanol–water partition coefficient (Wildman–Crippen LogP) is 9.16. The van der Waals surface area contributed by atoms with E-state index in [1.54, 1.807) is 17.4 Å². The molecular weight excluding hydrogens is 680 g/mol. The van der Waals surface area contributed by atoms with E-state index in [1.807, 2.05) is 48.7 Å². The zero-order chi connectivity index (χ0) is 26.3. The average molecular weight is 707 g/mol. The molecule has 2 aromatic heterocycles. The molecule has 3 nitrogen and oxygen atoms in total. The van der Waals surface area contributed by atoms with E-state index in [9.17, 15) is 5.11 Å². The first-order valence-electron chi connectivity index (χ1n) is 12.6. The summed E-state index contributed by atoms with van der Waals surface area (Å²) in [6, 6.07) is 36.2. The number of aromatic nitrogens is 2. The van der Waals surface area contributed by atoms with Gasteiger partial charge in [0.15, 0.2) is 0 Å². The molecule has 196 valence electrons. The SMILES string of the molecule is CC(C)(C)c1cc(-c2[c-]c(-c3ccccn3)cc(-c3ccccc3)c2)c2nc(-c3ccccc3O)sc2c1.[Pt]. The molecule has 0 saturated heterocycles. The molecule has 0 aliphatic rings. The van der Waals surface area contributed by atoms with Crippen molar-refractivity contribution in [2.45, 2.75) is 26.2 Å². The van der Waals surface area contributed by atoms with E-state index in [-0.39, 0.29) is 32.2 Å². The minimum atomic E-state index is -0.0527. The van der Waals surface area contributed by atoms with Crippen LogP contribution in [0.3, 0.4) is 0 Å². The molecule has 5 heteroatoms. The summed E-state index contributed by atoms with van der Waals surface area (Å²) in [4.78, 5) is 9.69. The van der Waals surface area contributed by atoms with Crippen molar-refractivity contribution in [2.24, 2.45) is 0 Å². The van der Waals surface area contributed by atoms with Crippen LogP contribution in [-0.4, -0.2) is 15.1 Å². The van der Waals surface area contributed by atoms with Crippen LogP contribution in [0, 0.1) is 6.07 Å². The zero-order valence-corrected chi connectivity index (χ0v) is 25.0. The summed E-state index contributed by atoms with van der Waals surface area (Å²) >= 11 is 1.61. The smallest absolute Gasteiger partial charge is 0.127 e. The van der Waals surface area contributed by atoms with Gasteiger partial charge in [0.05, 0.1) is 11.1 Å². The molecule has 1 N–H and O–H groups in total. The molecule has 6 aromatic rings. The van der Waals surface area contributed by atoms with Gasteiger partial charge in [-0.3, -0.25) is 4.98 Å². The maximum absolute atomic E-state index is 10.5. The minimum absolute atomic E-state index is 0. The number of pyridine rings is 1. The van der Waals surface area contributed by atoms with Crippen molar-refractivity contribution in [3.63, 3.8) is 0 Å². The van der Waals surface area contributed by atoms with Gasteiger partial charge in [0.1, 0.15) is 10.8 Å². The van der Waals surface area contributed by atoms with E-state index >= 15 is 0 Å². The number of phenolic OH excluding ortho intramolecular Hbond substituents is 1. The van der Waals surface area contributed by atoms with Gasteiger partial charge in [-0.05, 0) is 40.8 Å². The van der Waals surface area contributed by atoms with E-state index in [0.717, 1.165) is 54.3 Å². The Kier molecular flexibility index (Phi) is 7.53. The number of aromatic hydroxyl groups is 1. The molecule has 0 bridgehead atoms. The summed E-state index contributed by atoms with van der Waals surface area (Å²) in [5.74, 6) is 0.235. The Balaban J connectivity index is 0.00000308. The zero-order valence-electron chi connectivity index (χ0n) is 21.9. The quantitative estimate of drug-likeness (QED) is 0.186. The summed E-state index contributed by atoms with van der Waals surface area (Å²) < 4.78 is 1.09. The van der Waals surface area contributed by atoms with Gasteiger partial charge in [-0.25, -0.2) is 4.98 Å². The molecule has 0 aliphatic heterocycles. The van der Waals surface area contributed by atoms with Gasteiger partial charge < -0.3 is 5.11 Å². The van der Waals surface area contributed by atoms with Crippen molar-refractivity contribution in [1.82, 2.24) is 9.97 Å². The van der Waals surface area contributed by atoms with Crippen LogP contribution in [0.15, 0.2) is 103 Å². The standard InChI is InChI=1S/C34H27N2OS.Pt/c1-34(2,3)26-20-28(32-31(21-26)38-33(36-32)27-13-7-8-15-30(27)37)24-17-23(22-11-5-4-6-12-22)18-25(19-24)29-14-9-10-16-35-29;/h4-18,20-21,37H,1-3H3;/q-1;. The Morgan fingerprint density at radius 3 is 2.18 bits per heavy atom. The molecule has 6 rings (SSSR count). The van der Waals surface area contributed by atoms with Crippen molar-refractivity contribution < 1.29 is 26.2 Å². The Morgan fingerprint density at radius 2 is 1.46 bits per heavy atom. The van der Waals surface area contributed by atoms with Crippen LogP contribution < -0.4 is 0 Å². The van der Waals surface area contributed by atoms with Gasteiger partial charge in [-0.2, -0.15) is 0 Å². The van der Waals surface area contributed by atoms with Gasteiger partial charge in [-0.1, -0.05) is 98.1 Å². The molecule has 0 amide bonds. The van der Waals surface area contributed by atoms with Gasteiger partial charge in [0.2, 0.25) is 0 Å². The molecule has 0 spiro atoms. The predicted molar refractivity (Wildman–Crippen MR) is 158 cm³/mol. The maximum Gasteiger partial charge on any atom is 0.127 e. The number of hydrogen-bond donors (Lipinski definition) is 1. The number of hydrogen-bond acceptors (Lipinski definition) is 4. The number of rotatable bonds is 4. The van der Waals surface area contributed by atoms with Crippen LogP contribution in [0.1, 0.15) is 26.3 Å². The van der Waals surface area contributed by atoms with Crippen molar-refractivity contribution >= 4 is 21.6 Å². The Bertz CT molecular complexity index is 1700. The average Bonchev–Trinajstić information content (AvgIpc) is 3.37. The van der Waals surface area contributed by atoms with Crippen molar-refractivity contribution in [2.75, 3.05) is 0 Å². The summed E-state index contributed by atoms with van der Waals surface area (Å²) in [5, 5.41) is 11.3. The summed E-state index contributed by atoms with van der Waals surface area (Å²) in [5.41, 5.74) is 8.88. The fraction of sp³-hybridized carbons (Fsp3) is 0.118. The maximum atomic E-state index is 10.5. The fourth-order valence-corrected chi connectivity index (χ4v) is 5.68. The van der Waals surface area contributed by atoms with Crippen LogP contribution in [0.2, 0.25) is 0 Å².